The van der Waals surface area contributed by atoms with Crippen LogP contribution in [0.1, 0.15) is 18.4 Å². The summed E-state index contributed by atoms with van der Waals surface area (Å²) in [6.45, 7) is 5.92. The summed E-state index contributed by atoms with van der Waals surface area (Å²) in [6.07, 6.45) is 3.30. The van der Waals surface area contributed by atoms with Gasteiger partial charge in [0.25, 0.3) is 0 Å². The number of benzene rings is 1. The highest BCUT2D eigenvalue weighted by molar-refractivity contribution is 5.91. The molecule has 0 bridgehead atoms. The van der Waals surface area contributed by atoms with E-state index in [9.17, 15) is 9.18 Å². The van der Waals surface area contributed by atoms with Gasteiger partial charge in [0.15, 0.2) is 0 Å². The molecule has 0 atom stereocenters. The standard InChI is InChI=1S/C22H26FN5O2/c23-18-3-1-17(2-4-18)22(5-6-22)21(29)28-9-7-26(8-10-28)19-15-20(25-16-24-19)27-11-13-30-14-12-27/h1-4,15-16H,5-14H2. The molecule has 30 heavy (non-hydrogen) atoms. The summed E-state index contributed by atoms with van der Waals surface area (Å²) in [4.78, 5) is 28.5. The Balaban J connectivity index is 1.23. The van der Waals surface area contributed by atoms with E-state index in [0.717, 1.165) is 69.4 Å². The molecule has 1 aliphatic carbocycles. The Morgan fingerprint density at radius 2 is 1.50 bits per heavy atom. The summed E-state index contributed by atoms with van der Waals surface area (Å²) in [5.74, 6) is 1.73. The first kappa shape index (κ1) is 19.2. The van der Waals surface area contributed by atoms with Crippen LogP contribution < -0.4 is 9.80 Å². The average Bonchev–Trinajstić information content (AvgIpc) is 3.62. The topological polar surface area (TPSA) is 61.8 Å². The van der Waals surface area contributed by atoms with Crippen LogP contribution in [-0.4, -0.2) is 73.3 Å². The van der Waals surface area contributed by atoms with Gasteiger partial charge in [-0.2, -0.15) is 0 Å². The van der Waals surface area contributed by atoms with Crippen molar-refractivity contribution >= 4 is 17.5 Å². The summed E-state index contributed by atoms with van der Waals surface area (Å²) in [5.41, 5.74) is 0.483. The molecule has 2 saturated heterocycles. The van der Waals surface area contributed by atoms with E-state index in [2.05, 4.69) is 19.8 Å². The first-order chi connectivity index (χ1) is 14.7. The molecule has 1 aromatic carbocycles. The summed E-state index contributed by atoms with van der Waals surface area (Å²) >= 11 is 0. The summed E-state index contributed by atoms with van der Waals surface area (Å²) in [7, 11) is 0. The van der Waals surface area contributed by atoms with Gasteiger partial charge in [0.05, 0.1) is 18.6 Å². The van der Waals surface area contributed by atoms with E-state index in [1.54, 1.807) is 18.5 Å². The van der Waals surface area contributed by atoms with E-state index in [4.69, 9.17) is 4.74 Å². The SMILES string of the molecule is O=C(N1CCN(c2cc(N3CCOCC3)ncn2)CC1)C1(c2ccc(F)cc2)CC1. The number of rotatable bonds is 4. The Labute approximate surface area is 175 Å². The van der Waals surface area contributed by atoms with Crippen molar-refractivity contribution in [2.45, 2.75) is 18.3 Å². The number of carbonyl (C=O) groups excluding carboxylic acids is 1. The van der Waals surface area contributed by atoms with Crippen molar-refractivity contribution in [1.82, 2.24) is 14.9 Å². The van der Waals surface area contributed by atoms with Crippen LogP contribution in [-0.2, 0) is 14.9 Å². The molecule has 0 unspecified atom stereocenters. The van der Waals surface area contributed by atoms with Crippen molar-refractivity contribution in [3.05, 3.63) is 48.0 Å². The first-order valence-electron chi connectivity index (χ1n) is 10.6. The number of halogens is 1. The highest BCUT2D eigenvalue weighted by Gasteiger charge is 2.53. The van der Waals surface area contributed by atoms with Crippen molar-refractivity contribution in [2.75, 3.05) is 62.3 Å². The molecule has 3 aliphatic rings. The molecule has 3 heterocycles. The van der Waals surface area contributed by atoms with E-state index >= 15 is 0 Å². The molecule has 2 aliphatic heterocycles. The van der Waals surface area contributed by atoms with Crippen molar-refractivity contribution in [3.63, 3.8) is 0 Å². The lowest BCUT2D eigenvalue weighted by atomic mass is 9.94. The van der Waals surface area contributed by atoms with Crippen molar-refractivity contribution in [1.29, 1.82) is 0 Å². The van der Waals surface area contributed by atoms with Crippen LogP contribution in [0.2, 0.25) is 0 Å². The molecular formula is C22H26FN5O2. The Hall–Kier alpha value is -2.74. The maximum absolute atomic E-state index is 13.3. The highest BCUT2D eigenvalue weighted by atomic mass is 19.1. The maximum atomic E-state index is 13.3. The van der Waals surface area contributed by atoms with Gasteiger partial charge in [-0.05, 0) is 30.5 Å². The summed E-state index contributed by atoms with van der Waals surface area (Å²) in [5, 5.41) is 0. The fourth-order valence-corrected chi connectivity index (χ4v) is 4.44. The van der Waals surface area contributed by atoms with Crippen LogP contribution >= 0.6 is 0 Å². The van der Waals surface area contributed by atoms with Crippen LogP contribution in [0.15, 0.2) is 36.7 Å². The van der Waals surface area contributed by atoms with Crippen LogP contribution in [0.25, 0.3) is 0 Å². The van der Waals surface area contributed by atoms with Gasteiger partial charge < -0.3 is 19.4 Å². The third kappa shape index (κ3) is 3.60. The van der Waals surface area contributed by atoms with Gasteiger partial charge in [0.1, 0.15) is 23.8 Å². The Morgan fingerprint density at radius 3 is 2.10 bits per heavy atom. The average molecular weight is 411 g/mol. The molecule has 1 amide bonds. The summed E-state index contributed by atoms with van der Waals surface area (Å²) < 4.78 is 18.7. The molecule has 7 nitrogen and oxygen atoms in total. The molecule has 1 aromatic heterocycles. The number of carbonyl (C=O) groups is 1. The number of morpholine rings is 1. The van der Waals surface area contributed by atoms with E-state index < -0.39 is 5.41 Å². The highest BCUT2D eigenvalue weighted by Crippen LogP contribution is 2.49. The normalized spacial score (nSPS) is 20.9. The molecule has 8 heteroatoms. The number of hydrogen-bond donors (Lipinski definition) is 0. The zero-order chi connectivity index (χ0) is 20.6. The Bertz CT molecular complexity index is 904. The van der Waals surface area contributed by atoms with Crippen LogP contribution in [0.3, 0.4) is 0 Å². The minimum atomic E-state index is -0.450. The number of amides is 1. The number of aromatic nitrogens is 2. The quantitative estimate of drug-likeness (QED) is 0.765. The van der Waals surface area contributed by atoms with Crippen LogP contribution in [0, 0.1) is 5.82 Å². The van der Waals surface area contributed by atoms with Gasteiger partial charge in [0.2, 0.25) is 5.91 Å². The Morgan fingerprint density at radius 1 is 0.900 bits per heavy atom. The second-order valence-corrected chi connectivity index (χ2v) is 8.20. The lowest BCUT2D eigenvalue weighted by Crippen LogP contribution is -2.51. The van der Waals surface area contributed by atoms with Crippen molar-refractivity contribution < 1.29 is 13.9 Å². The van der Waals surface area contributed by atoms with E-state index in [-0.39, 0.29) is 11.7 Å². The van der Waals surface area contributed by atoms with Crippen LogP contribution in [0.4, 0.5) is 16.0 Å². The maximum Gasteiger partial charge on any atom is 0.233 e. The molecule has 3 fully saturated rings. The second kappa shape index (κ2) is 7.83. The number of ether oxygens (including phenoxy) is 1. The third-order valence-electron chi connectivity index (χ3n) is 6.42. The minimum Gasteiger partial charge on any atom is -0.378 e. The van der Waals surface area contributed by atoms with Crippen molar-refractivity contribution in [2.24, 2.45) is 0 Å². The molecule has 158 valence electrons. The fraction of sp³-hybridized carbons (Fsp3) is 0.500. The smallest absolute Gasteiger partial charge is 0.233 e. The molecule has 0 spiro atoms. The fourth-order valence-electron chi connectivity index (χ4n) is 4.44. The molecule has 0 N–H and O–H groups in total. The monoisotopic (exact) mass is 411 g/mol. The van der Waals surface area contributed by atoms with E-state index in [1.165, 1.54) is 12.1 Å². The number of piperazine rings is 1. The molecular weight excluding hydrogens is 385 g/mol. The Kier molecular flexibility index (Phi) is 5.02. The largest absolute Gasteiger partial charge is 0.378 e. The first-order valence-corrected chi connectivity index (χ1v) is 10.6. The minimum absolute atomic E-state index is 0.172. The second-order valence-electron chi connectivity index (χ2n) is 8.20. The molecule has 5 rings (SSSR count). The van der Waals surface area contributed by atoms with Gasteiger partial charge in [0, 0.05) is 45.3 Å². The van der Waals surface area contributed by atoms with E-state index in [0.29, 0.717) is 13.1 Å². The lowest BCUT2D eigenvalue weighted by Gasteiger charge is -2.37. The van der Waals surface area contributed by atoms with Gasteiger partial charge in [-0.3, -0.25) is 4.79 Å². The van der Waals surface area contributed by atoms with E-state index in [1.807, 2.05) is 11.0 Å². The van der Waals surface area contributed by atoms with Gasteiger partial charge in [-0.25, -0.2) is 14.4 Å². The zero-order valence-corrected chi connectivity index (χ0v) is 17.0. The lowest BCUT2D eigenvalue weighted by molar-refractivity contribution is -0.134. The molecule has 0 radical (unpaired) electrons. The van der Waals surface area contributed by atoms with Crippen molar-refractivity contribution in [3.8, 4) is 0 Å². The number of anilines is 2. The van der Waals surface area contributed by atoms with Crippen LogP contribution in [0.5, 0.6) is 0 Å². The number of hydrogen-bond acceptors (Lipinski definition) is 6. The van der Waals surface area contributed by atoms with Gasteiger partial charge in [-0.1, -0.05) is 12.1 Å². The molecule has 2 aromatic rings. The van der Waals surface area contributed by atoms with Gasteiger partial charge >= 0.3 is 0 Å². The predicted molar refractivity (Wildman–Crippen MR) is 111 cm³/mol. The third-order valence-corrected chi connectivity index (χ3v) is 6.42. The van der Waals surface area contributed by atoms with Gasteiger partial charge in [-0.15, -0.1) is 0 Å². The summed E-state index contributed by atoms with van der Waals surface area (Å²) in [6, 6.07) is 8.43. The number of nitrogens with zero attached hydrogens (tertiary/aromatic N) is 5. The predicted octanol–water partition coefficient (Wildman–Crippen LogP) is 1.83. The zero-order valence-electron chi connectivity index (χ0n) is 17.0. The molecule has 1 saturated carbocycles.